The van der Waals surface area contributed by atoms with Gasteiger partial charge in [-0.05, 0) is 6.92 Å². The van der Waals surface area contributed by atoms with Gasteiger partial charge in [0.1, 0.15) is 0 Å². The van der Waals surface area contributed by atoms with E-state index in [9.17, 15) is 9.59 Å². The average molecular weight is 205 g/mol. The minimum Gasteiger partial charge on any atom is -0.355 e. The highest BCUT2D eigenvalue weighted by atomic mass is 35.5. The van der Waals surface area contributed by atoms with Crippen molar-refractivity contribution >= 4 is 23.4 Å². The molecule has 1 saturated heterocycles. The number of amides is 2. The van der Waals surface area contributed by atoms with E-state index in [-0.39, 0.29) is 18.2 Å². The molecule has 0 bridgehead atoms. The normalized spacial score (nSPS) is 27.1. The van der Waals surface area contributed by atoms with Gasteiger partial charge >= 0.3 is 0 Å². The molecule has 0 aromatic carbocycles. The van der Waals surface area contributed by atoms with Gasteiger partial charge in [0.25, 0.3) is 0 Å². The van der Waals surface area contributed by atoms with Gasteiger partial charge < -0.3 is 10.6 Å². The molecule has 74 valence electrons. The summed E-state index contributed by atoms with van der Waals surface area (Å²) < 4.78 is 0. The molecular formula is C8H13ClN2O2. The first kappa shape index (κ1) is 10.3. The largest absolute Gasteiger partial charge is 0.355 e. The summed E-state index contributed by atoms with van der Waals surface area (Å²) in [5, 5.41) is 5.31. The summed E-state index contributed by atoms with van der Waals surface area (Å²) in [5.74, 6) is 0.221. The third-order valence-corrected chi connectivity index (χ3v) is 2.34. The second kappa shape index (κ2) is 3.96. The Morgan fingerprint density at radius 2 is 2.46 bits per heavy atom. The topological polar surface area (TPSA) is 58.2 Å². The van der Waals surface area contributed by atoms with E-state index in [1.165, 1.54) is 0 Å². The van der Waals surface area contributed by atoms with Crippen LogP contribution in [0.2, 0.25) is 0 Å². The van der Waals surface area contributed by atoms with Crippen molar-refractivity contribution in [2.75, 3.05) is 19.0 Å². The van der Waals surface area contributed by atoms with Crippen molar-refractivity contribution in [2.45, 2.75) is 13.3 Å². The maximum absolute atomic E-state index is 11.5. The van der Waals surface area contributed by atoms with Gasteiger partial charge in [0.2, 0.25) is 11.8 Å². The van der Waals surface area contributed by atoms with Crippen LogP contribution in [0.5, 0.6) is 0 Å². The third-order valence-electron chi connectivity index (χ3n) is 2.15. The lowest BCUT2D eigenvalue weighted by Crippen LogP contribution is -2.41. The van der Waals surface area contributed by atoms with Crippen LogP contribution in [0.15, 0.2) is 0 Å². The molecule has 0 aromatic rings. The molecular weight excluding hydrogens is 192 g/mol. The van der Waals surface area contributed by atoms with Crippen molar-refractivity contribution in [3.8, 4) is 0 Å². The van der Waals surface area contributed by atoms with Gasteiger partial charge in [-0.2, -0.15) is 0 Å². The van der Waals surface area contributed by atoms with Gasteiger partial charge in [-0.15, -0.1) is 11.6 Å². The highest BCUT2D eigenvalue weighted by Crippen LogP contribution is 2.25. The van der Waals surface area contributed by atoms with Crippen LogP contribution in [-0.4, -0.2) is 30.8 Å². The molecule has 13 heavy (non-hydrogen) atoms. The van der Waals surface area contributed by atoms with Crippen molar-refractivity contribution in [3.63, 3.8) is 0 Å². The van der Waals surface area contributed by atoms with Gasteiger partial charge in [-0.3, -0.25) is 9.59 Å². The van der Waals surface area contributed by atoms with Crippen molar-refractivity contribution in [1.29, 1.82) is 0 Å². The highest BCUT2D eigenvalue weighted by molar-refractivity contribution is 6.18. The molecule has 0 radical (unpaired) electrons. The molecule has 1 heterocycles. The van der Waals surface area contributed by atoms with Crippen molar-refractivity contribution in [1.82, 2.24) is 10.6 Å². The third kappa shape index (κ3) is 2.34. The van der Waals surface area contributed by atoms with E-state index in [1.54, 1.807) is 6.92 Å². The summed E-state index contributed by atoms with van der Waals surface area (Å²) >= 11 is 5.43. The Hall–Kier alpha value is -0.770. The summed E-state index contributed by atoms with van der Waals surface area (Å²) in [6, 6.07) is 0. The quantitative estimate of drug-likeness (QED) is 0.630. The maximum atomic E-state index is 11.5. The fourth-order valence-corrected chi connectivity index (χ4v) is 1.40. The van der Waals surface area contributed by atoms with Crippen LogP contribution in [0.4, 0.5) is 0 Å². The van der Waals surface area contributed by atoms with Gasteiger partial charge in [0.15, 0.2) is 0 Å². The van der Waals surface area contributed by atoms with Crippen LogP contribution in [0.1, 0.15) is 13.3 Å². The Labute approximate surface area is 82.0 Å². The monoisotopic (exact) mass is 204 g/mol. The molecule has 2 amide bonds. The van der Waals surface area contributed by atoms with E-state index in [4.69, 9.17) is 11.6 Å². The van der Waals surface area contributed by atoms with Crippen LogP contribution in [-0.2, 0) is 9.59 Å². The first-order valence-corrected chi connectivity index (χ1v) is 4.73. The van der Waals surface area contributed by atoms with E-state index in [1.807, 2.05) is 0 Å². The van der Waals surface area contributed by atoms with Crippen LogP contribution < -0.4 is 10.6 Å². The zero-order chi connectivity index (χ0) is 9.90. The number of carbonyl (C=O) groups is 2. The molecule has 1 fully saturated rings. The molecule has 4 nitrogen and oxygen atoms in total. The predicted molar refractivity (Wildman–Crippen MR) is 49.5 cm³/mol. The summed E-state index contributed by atoms with van der Waals surface area (Å²) in [7, 11) is 0. The molecule has 0 aliphatic carbocycles. The summed E-state index contributed by atoms with van der Waals surface area (Å²) in [5.41, 5.74) is -0.594. The zero-order valence-corrected chi connectivity index (χ0v) is 8.28. The number of rotatable bonds is 3. The van der Waals surface area contributed by atoms with E-state index < -0.39 is 5.41 Å². The lowest BCUT2D eigenvalue weighted by atomic mass is 9.88. The second-order valence-corrected chi connectivity index (χ2v) is 3.84. The van der Waals surface area contributed by atoms with Crippen LogP contribution >= 0.6 is 11.6 Å². The Kier molecular flexibility index (Phi) is 3.14. The van der Waals surface area contributed by atoms with Crippen molar-refractivity contribution in [2.24, 2.45) is 5.41 Å². The molecule has 1 unspecified atom stereocenters. The predicted octanol–water partition coefficient (Wildman–Crippen LogP) is -0.132. The Morgan fingerprint density at radius 1 is 1.77 bits per heavy atom. The molecule has 0 spiro atoms. The highest BCUT2D eigenvalue weighted by Gasteiger charge is 2.40. The van der Waals surface area contributed by atoms with Gasteiger partial charge in [-0.25, -0.2) is 0 Å². The number of alkyl halides is 1. The summed E-state index contributed by atoms with van der Waals surface area (Å²) in [6.07, 6.45) is 0.265. The Bertz CT molecular complexity index is 232. The van der Waals surface area contributed by atoms with Gasteiger partial charge in [0, 0.05) is 25.4 Å². The standard InChI is InChI=1S/C8H13ClN2O2/c1-8(4-6(12)11-5-8)7(13)10-3-2-9/h2-5H2,1H3,(H,10,13)(H,11,12). The number of carbonyl (C=O) groups excluding carboxylic acids is 2. The molecule has 0 saturated carbocycles. The number of hydrogen-bond donors (Lipinski definition) is 2. The molecule has 1 atom stereocenters. The fraction of sp³-hybridized carbons (Fsp3) is 0.750. The van der Waals surface area contributed by atoms with E-state index in [0.29, 0.717) is 19.0 Å². The summed E-state index contributed by atoms with van der Waals surface area (Å²) in [6.45, 7) is 2.64. The van der Waals surface area contributed by atoms with Gasteiger partial charge in [-0.1, -0.05) is 0 Å². The molecule has 1 aliphatic rings. The second-order valence-electron chi connectivity index (χ2n) is 3.46. The molecule has 0 aromatic heterocycles. The smallest absolute Gasteiger partial charge is 0.228 e. The lowest BCUT2D eigenvalue weighted by Gasteiger charge is -2.19. The molecule has 1 aliphatic heterocycles. The average Bonchev–Trinajstić information content (AvgIpc) is 2.43. The summed E-state index contributed by atoms with van der Waals surface area (Å²) in [4.78, 5) is 22.4. The van der Waals surface area contributed by atoms with E-state index in [0.717, 1.165) is 0 Å². The van der Waals surface area contributed by atoms with Crippen LogP contribution in [0.3, 0.4) is 0 Å². The van der Waals surface area contributed by atoms with E-state index >= 15 is 0 Å². The maximum Gasteiger partial charge on any atom is 0.228 e. The molecule has 5 heteroatoms. The molecule has 1 rings (SSSR count). The fourth-order valence-electron chi connectivity index (χ4n) is 1.31. The van der Waals surface area contributed by atoms with E-state index in [2.05, 4.69) is 10.6 Å². The Balaban J connectivity index is 2.50. The Morgan fingerprint density at radius 3 is 2.92 bits per heavy atom. The van der Waals surface area contributed by atoms with Crippen molar-refractivity contribution in [3.05, 3.63) is 0 Å². The molecule has 2 N–H and O–H groups in total. The lowest BCUT2D eigenvalue weighted by molar-refractivity contribution is -0.131. The number of halogens is 1. The van der Waals surface area contributed by atoms with Crippen molar-refractivity contribution < 1.29 is 9.59 Å². The minimum absolute atomic E-state index is 0.0662. The first-order chi connectivity index (χ1) is 6.08. The zero-order valence-electron chi connectivity index (χ0n) is 7.52. The SMILES string of the molecule is CC1(C(=O)NCCCl)CNC(=O)C1. The minimum atomic E-state index is -0.594. The van der Waals surface area contributed by atoms with Gasteiger partial charge in [0.05, 0.1) is 5.41 Å². The number of nitrogens with one attached hydrogen (secondary N) is 2. The van der Waals surface area contributed by atoms with Crippen LogP contribution in [0, 0.1) is 5.41 Å². The van der Waals surface area contributed by atoms with Crippen LogP contribution in [0.25, 0.3) is 0 Å². The first-order valence-electron chi connectivity index (χ1n) is 4.19. The number of hydrogen-bond acceptors (Lipinski definition) is 2.